The normalized spacial score (nSPS) is 10.2. The Labute approximate surface area is 115 Å². The van der Waals surface area contributed by atoms with Crippen LogP contribution in [0.15, 0.2) is 29.6 Å². The molecule has 0 fully saturated rings. The third-order valence-electron chi connectivity index (χ3n) is 2.44. The van der Waals surface area contributed by atoms with Crippen molar-refractivity contribution in [3.05, 3.63) is 40.9 Å². The minimum absolute atomic E-state index is 0.280. The van der Waals surface area contributed by atoms with Gasteiger partial charge in [-0.25, -0.2) is 4.79 Å². The van der Waals surface area contributed by atoms with E-state index < -0.39 is 0 Å². The molecular formula is C13H15N3O2S. The molecule has 0 saturated carbocycles. The molecular weight excluding hydrogens is 262 g/mol. The Morgan fingerprint density at radius 2 is 2.16 bits per heavy atom. The molecule has 1 aromatic heterocycles. The first-order chi connectivity index (χ1) is 9.29. The van der Waals surface area contributed by atoms with Crippen LogP contribution in [0, 0.1) is 0 Å². The van der Waals surface area contributed by atoms with Crippen molar-refractivity contribution in [2.45, 2.75) is 19.9 Å². The highest BCUT2D eigenvalue weighted by molar-refractivity contribution is 7.03. The van der Waals surface area contributed by atoms with Gasteiger partial charge in [-0.2, -0.15) is 0 Å². The molecule has 2 rings (SSSR count). The van der Waals surface area contributed by atoms with Crippen LogP contribution in [0.25, 0.3) is 0 Å². The number of hydrogen-bond acceptors (Lipinski definition) is 6. The van der Waals surface area contributed by atoms with Gasteiger partial charge in [0.2, 0.25) is 0 Å². The van der Waals surface area contributed by atoms with E-state index in [0.717, 1.165) is 17.8 Å². The van der Waals surface area contributed by atoms with Gasteiger partial charge in [0.15, 0.2) is 0 Å². The topological polar surface area (TPSA) is 64.1 Å². The molecule has 6 heteroatoms. The van der Waals surface area contributed by atoms with Gasteiger partial charge in [-0.05, 0) is 42.2 Å². The Bertz CT molecular complexity index is 511. The number of rotatable bonds is 6. The second-order valence-corrected chi connectivity index (χ2v) is 4.57. The van der Waals surface area contributed by atoms with Crippen molar-refractivity contribution in [2.24, 2.45) is 0 Å². The lowest BCUT2D eigenvalue weighted by molar-refractivity contribution is 0.0505. The molecule has 0 aliphatic heterocycles. The van der Waals surface area contributed by atoms with E-state index in [9.17, 15) is 4.79 Å². The van der Waals surface area contributed by atoms with Gasteiger partial charge in [0.25, 0.3) is 0 Å². The number of carbonyl (C=O) groups is 1. The summed E-state index contributed by atoms with van der Waals surface area (Å²) in [6, 6.07) is 7.20. The van der Waals surface area contributed by atoms with E-state index in [1.807, 2.05) is 24.4 Å². The zero-order valence-electron chi connectivity index (χ0n) is 10.6. The first-order valence-corrected chi connectivity index (χ1v) is 6.90. The molecule has 0 aliphatic rings. The lowest BCUT2D eigenvalue weighted by atomic mass is 10.2. The fourth-order valence-corrected chi connectivity index (χ4v) is 1.91. The van der Waals surface area contributed by atoms with Crippen molar-refractivity contribution >= 4 is 23.2 Å². The summed E-state index contributed by atoms with van der Waals surface area (Å²) in [4.78, 5) is 11.6. The van der Waals surface area contributed by atoms with Gasteiger partial charge >= 0.3 is 5.97 Å². The maximum atomic E-state index is 11.6. The molecule has 0 spiro atoms. The molecule has 0 bridgehead atoms. The van der Waals surface area contributed by atoms with Crippen LogP contribution >= 0.6 is 11.5 Å². The molecule has 0 saturated heterocycles. The van der Waals surface area contributed by atoms with Crippen LogP contribution < -0.4 is 5.32 Å². The van der Waals surface area contributed by atoms with Crippen LogP contribution in [0.2, 0.25) is 0 Å². The summed E-state index contributed by atoms with van der Waals surface area (Å²) >= 11 is 1.33. The van der Waals surface area contributed by atoms with E-state index in [0.29, 0.717) is 18.7 Å². The van der Waals surface area contributed by atoms with Crippen molar-refractivity contribution in [2.75, 3.05) is 11.9 Å². The Morgan fingerprint density at radius 1 is 1.37 bits per heavy atom. The molecule has 1 N–H and O–H groups in total. The highest BCUT2D eigenvalue weighted by atomic mass is 32.1. The van der Waals surface area contributed by atoms with E-state index in [1.165, 1.54) is 11.5 Å². The van der Waals surface area contributed by atoms with E-state index >= 15 is 0 Å². The predicted molar refractivity (Wildman–Crippen MR) is 74.3 cm³/mol. The van der Waals surface area contributed by atoms with Crippen LogP contribution in [0.4, 0.5) is 5.69 Å². The number of hydrogen-bond donors (Lipinski definition) is 1. The molecule has 0 radical (unpaired) electrons. The van der Waals surface area contributed by atoms with E-state index in [1.54, 1.807) is 12.1 Å². The standard InChI is InChI=1S/C13H15N3O2S/c1-2-7-18-13(17)10-3-5-11(6-4-10)14-8-12-9-19-16-15-12/h3-6,9,14H,2,7-8H2,1H3. The number of ether oxygens (including phenoxy) is 1. The number of nitrogens with zero attached hydrogens (tertiary/aromatic N) is 2. The summed E-state index contributed by atoms with van der Waals surface area (Å²) < 4.78 is 8.85. The molecule has 0 unspecified atom stereocenters. The quantitative estimate of drug-likeness (QED) is 0.822. The van der Waals surface area contributed by atoms with Gasteiger partial charge in [0, 0.05) is 11.1 Å². The maximum absolute atomic E-state index is 11.6. The molecule has 100 valence electrons. The highest BCUT2D eigenvalue weighted by Crippen LogP contribution is 2.12. The van der Waals surface area contributed by atoms with Crippen molar-refractivity contribution in [3.8, 4) is 0 Å². The summed E-state index contributed by atoms with van der Waals surface area (Å²) in [5.74, 6) is -0.280. The van der Waals surface area contributed by atoms with Crippen molar-refractivity contribution < 1.29 is 9.53 Å². The Balaban J connectivity index is 1.89. The number of carbonyl (C=O) groups excluding carboxylic acids is 1. The summed E-state index contributed by atoms with van der Waals surface area (Å²) in [7, 11) is 0. The summed E-state index contributed by atoms with van der Waals surface area (Å²) in [6.07, 6.45) is 0.826. The van der Waals surface area contributed by atoms with Gasteiger partial charge < -0.3 is 10.1 Å². The van der Waals surface area contributed by atoms with Crippen LogP contribution in [-0.2, 0) is 11.3 Å². The number of anilines is 1. The monoisotopic (exact) mass is 277 g/mol. The maximum Gasteiger partial charge on any atom is 0.338 e. The van der Waals surface area contributed by atoms with Crippen LogP contribution in [0.3, 0.4) is 0 Å². The predicted octanol–water partition coefficient (Wildman–Crippen LogP) is 2.72. The number of nitrogens with one attached hydrogen (secondary N) is 1. The molecule has 1 aromatic carbocycles. The van der Waals surface area contributed by atoms with Crippen LogP contribution in [0.1, 0.15) is 29.4 Å². The largest absolute Gasteiger partial charge is 0.462 e. The van der Waals surface area contributed by atoms with Gasteiger partial charge in [0.05, 0.1) is 24.4 Å². The first-order valence-electron chi connectivity index (χ1n) is 6.06. The molecule has 5 nitrogen and oxygen atoms in total. The van der Waals surface area contributed by atoms with Gasteiger partial charge in [-0.3, -0.25) is 0 Å². The third-order valence-corrected chi connectivity index (χ3v) is 2.99. The van der Waals surface area contributed by atoms with Crippen molar-refractivity contribution in [1.82, 2.24) is 9.59 Å². The molecule has 0 aliphatic carbocycles. The SMILES string of the molecule is CCCOC(=O)c1ccc(NCc2csnn2)cc1. The fraction of sp³-hybridized carbons (Fsp3) is 0.308. The molecule has 0 amide bonds. The van der Waals surface area contributed by atoms with E-state index in [-0.39, 0.29) is 5.97 Å². The minimum atomic E-state index is -0.280. The van der Waals surface area contributed by atoms with E-state index in [4.69, 9.17) is 4.74 Å². The van der Waals surface area contributed by atoms with Crippen LogP contribution in [0.5, 0.6) is 0 Å². The second kappa shape index (κ2) is 6.84. The number of esters is 1. The van der Waals surface area contributed by atoms with Gasteiger partial charge in [-0.1, -0.05) is 11.4 Å². The third kappa shape index (κ3) is 4.03. The zero-order valence-corrected chi connectivity index (χ0v) is 11.4. The molecule has 19 heavy (non-hydrogen) atoms. The minimum Gasteiger partial charge on any atom is -0.462 e. The number of aromatic nitrogens is 2. The average molecular weight is 277 g/mol. The van der Waals surface area contributed by atoms with Crippen molar-refractivity contribution in [3.63, 3.8) is 0 Å². The Hall–Kier alpha value is -1.95. The second-order valence-electron chi connectivity index (χ2n) is 3.96. The van der Waals surface area contributed by atoms with E-state index in [2.05, 4.69) is 14.9 Å². The Kier molecular flexibility index (Phi) is 4.85. The summed E-state index contributed by atoms with van der Waals surface area (Å²) in [5, 5.41) is 9.04. The van der Waals surface area contributed by atoms with Gasteiger partial charge in [-0.15, -0.1) is 5.10 Å². The highest BCUT2D eigenvalue weighted by Gasteiger charge is 2.06. The average Bonchev–Trinajstić information content (AvgIpc) is 2.96. The Morgan fingerprint density at radius 3 is 2.79 bits per heavy atom. The van der Waals surface area contributed by atoms with Gasteiger partial charge in [0.1, 0.15) is 0 Å². The molecule has 0 atom stereocenters. The smallest absolute Gasteiger partial charge is 0.338 e. The van der Waals surface area contributed by atoms with Crippen molar-refractivity contribution in [1.29, 1.82) is 0 Å². The summed E-state index contributed by atoms with van der Waals surface area (Å²) in [5.41, 5.74) is 2.39. The molecule has 1 heterocycles. The molecule has 2 aromatic rings. The van der Waals surface area contributed by atoms with Crippen LogP contribution in [-0.4, -0.2) is 22.2 Å². The summed E-state index contributed by atoms with van der Waals surface area (Å²) in [6.45, 7) is 3.04. The lowest BCUT2D eigenvalue weighted by Crippen LogP contribution is -2.06. The fourth-order valence-electron chi connectivity index (χ4n) is 1.46. The lowest BCUT2D eigenvalue weighted by Gasteiger charge is -2.06. The first kappa shape index (κ1) is 13.5. The number of benzene rings is 1. The zero-order chi connectivity index (χ0) is 13.5.